The molecule has 198 valence electrons. The number of ether oxygens (including phenoxy) is 1. The number of amides is 3. The van der Waals surface area contributed by atoms with Crippen molar-refractivity contribution in [2.45, 2.75) is 83.6 Å². The van der Waals surface area contributed by atoms with E-state index in [-0.39, 0.29) is 30.3 Å². The molecule has 0 saturated heterocycles. The van der Waals surface area contributed by atoms with Crippen LogP contribution < -0.4 is 10.6 Å². The monoisotopic (exact) mass is 505 g/mol. The van der Waals surface area contributed by atoms with E-state index in [0.717, 1.165) is 24.0 Å². The van der Waals surface area contributed by atoms with E-state index in [0.29, 0.717) is 5.56 Å². The standard InChI is InChI=1S/C30H39N3O4/c1-7-21-14-11-15-23(18-21)26(27(34)31-20(2)3)33(24-16-17-24)28(35)25(19-22-12-9-8-10-13-22)32-29(36)37-30(4,5)6/h7-15,18,20,24-26H,1,16-17,19H2,2-6H3,(H,31,34)(H,32,36). The molecule has 2 atom stereocenters. The fourth-order valence-corrected chi connectivity index (χ4v) is 4.21. The largest absolute Gasteiger partial charge is 0.444 e. The molecule has 0 aliphatic heterocycles. The molecule has 2 aromatic carbocycles. The number of nitrogens with zero attached hydrogens (tertiary/aromatic N) is 1. The topological polar surface area (TPSA) is 87.7 Å². The molecule has 2 N–H and O–H groups in total. The maximum Gasteiger partial charge on any atom is 0.408 e. The summed E-state index contributed by atoms with van der Waals surface area (Å²) in [4.78, 5) is 42.3. The smallest absolute Gasteiger partial charge is 0.408 e. The molecule has 2 aromatic rings. The third kappa shape index (κ3) is 8.20. The highest BCUT2D eigenvalue weighted by molar-refractivity contribution is 5.93. The predicted molar refractivity (Wildman–Crippen MR) is 146 cm³/mol. The highest BCUT2D eigenvalue weighted by Crippen LogP contribution is 2.36. The van der Waals surface area contributed by atoms with Gasteiger partial charge in [0.1, 0.15) is 17.7 Å². The van der Waals surface area contributed by atoms with Gasteiger partial charge in [0.2, 0.25) is 11.8 Å². The number of alkyl carbamates (subject to hydrolysis) is 1. The third-order valence-electron chi connectivity index (χ3n) is 5.89. The van der Waals surface area contributed by atoms with Crippen LogP contribution in [0.3, 0.4) is 0 Å². The number of rotatable bonds is 10. The van der Waals surface area contributed by atoms with Gasteiger partial charge in [-0.15, -0.1) is 0 Å². The van der Waals surface area contributed by atoms with Crippen LogP contribution in [0.1, 0.15) is 70.2 Å². The quantitative estimate of drug-likeness (QED) is 0.475. The summed E-state index contributed by atoms with van der Waals surface area (Å²) in [6.07, 6.45) is 2.90. The van der Waals surface area contributed by atoms with Crippen LogP contribution in [0.15, 0.2) is 61.2 Å². The van der Waals surface area contributed by atoms with Crippen LogP contribution in [0, 0.1) is 0 Å². The second-order valence-electron chi connectivity index (χ2n) is 10.8. The fraction of sp³-hybridized carbons (Fsp3) is 0.433. The first-order chi connectivity index (χ1) is 17.5. The van der Waals surface area contributed by atoms with Crippen LogP contribution in [-0.2, 0) is 20.7 Å². The van der Waals surface area contributed by atoms with Gasteiger partial charge in [0.15, 0.2) is 0 Å². The van der Waals surface area contributed by atoms with Crippen LogP contribution in [0.4, 0.5) is 4.79 Å². The molecular formula is C30H39N3O4. The van der Waals surface area contributed by atoms with E-state index >= 15 is 0 Å². The number of hydrogen-bond acceptors (Lipinski definition) is 4. The molecule has 7 nitrogen and oxygen atoms in total. The molecule has 0 spiro atoms. The molecule has 0 radical (unpaired) electrons. The lowest BCUT2D eigenvalue weighted by molar-refractivity contribution is -0.143. The average molecular weight is 506 g/mol. The second kappa shape index (κ2) is 12.1. The van der Waals surface area contributed by atoms with E-state index in [1.165, 1.54) is 0 Å². The minimum absolute atomic E-state index is 0.0958. The van der Waals surface area contributed by atoms with E-state index in [2.05, 4.69) is 17.2 Å². The van der Waals surface area contributed by atoms with Crippen molar-refractivity contribution in [3.63, 3.8) is 0 Å². The van der Waals surface area contributed by atoms with Crippen molar-refractivity contribution in [2.75, 3.05) is 0 Å². The average Bonchev–Trinajstić information content (AvgIpc) is 3.65. The summed E-state index contributed by atoms with van der Waals surface area (Å²) < 4.78 is 5.48. The Morgan fingerprint density at radius 3 is 2.30 bits per heavy atom. The van der Waals surface area contributed by atoms with Gasteiger partial charge in [0, 0.05) is 18.5 Å². The Kier molecular flexibility index (Phi) is 9.14. The molecule has 0 heterocycles. The Labute approximate surface area is 220 Å². The molecule has 1 aliphatic rings. The maximum atomic E-state index is 14.2. The molecule has 37 heavy (non-hydrogen) atoms. The van der Waals surface area contributed by atoms with E-state index in [1.54, 1.807) is 31.7 Å². The zero-order valence-corrected chi connectivity index (χ0v) is 22.5. The molecule has 2 unspecified atom stereocenters. The summed E-state index contributed by atoms with van der Waals surface area (Å²) in [6, 6.07) is 15.1. The summed E-state index contributed by atoms with van der Waals surface area (Å²) >= 11 is 0. The van der Waals surface area contributed by atoms with Crippen molar-refractivity contribution in [1.29, 1.82) is 0 Å². The molecule has 7 heteroatoms. The third-order valence-corrected chi connectivity index (χ3v) is 5.89. The lowest BCUT2D eigenvalue weighted by atomic mass is 9.98. The van der Waals surface area contributed by atoms with Crippen LogP contribution in [0.5, 0.6) is 0 Å². The van der Waals surface area contributed by atoms with Crippen molar-refractivity contribution in [3.8, 4) is 0 Å². The SMILES string of the molecule is C=Cc1cccc(C(C(=O)NC(C)C)N(C(=O)C(Cc2ccccc2)NC(=O)OC(C)(C)C)C2CC2)c1. The summed E-state index contributed by atoms with van der Waals surface area (Å²) in [6.45, 7) is 12.9. The minimum atomic E-state index is -0.908. The van der Waals surface area contributed by atoms with Crippen molar-refractivity contribution in [1.82, 2.24) is 15.5 Å². The van der Waals surface area contributed by atoms with Gasteiger partial charge < -0.3 is 20.3 Å². The lowest BCUT2D eigenvalue weighted by Crippen LogP contribution is -2.55. The minimum Gasteiger partial charge on any atom is -0.444 e. The van der Waals surface area contributed by atoms with Gasteiger partial charge in [-0.3, -0.25) is 9.59 Å². The molecule has 1 aliphatic carbocycles. The number of carbonyl (C=O) groups is 3. The Balaban J connectivity index is 2.02. The zero-order chi connectivity index (χ0) is 27.2. The van der Waals surface area contributed by atoms with Crippen LogP contribution in [0.25, 0.3) is 6.08 Å². The second-order valence-corrected chi connectivity index (χ2v) is 10.8. The van der Waals surface area contributed by atoms with Crippen molar-refractivity contribution < 1.29 is 19.1 Å². The Bertz CT molecular complexity index is 1100. The van der Waals surface area contributed by atoms with Crippen LogP contribution in [0.2, 0.25) is 0 Å². The summed E-state index contributed by atoms with van der Waals surface area (Å²) in [5.41, 5.74) is 1.73. The van der Waals surface area contributed by atoms with Crippen LogP contribution >= 0.6 is 0 Å². The van der Waals surface area contributed by atoms with Crippen molar-refractivity contribution in [3.05, 3.63) is 77.9 Å². The van der Waals surface area contributed by atoms with E-state index in [9.17, 15) is 14.4 Å². The maximum absolute atomic E-state index is 14.2. The lowest BCUT2D eigenvalue weighted by Gasteiger charge is -2.35. The molecular weight excluding hydrogens is 466 g/mol. The number of carbonyl (C=O) groups excluding carboxylic acids is 3. The summed E-state index contributed by atoms with van der Waals surface area (Å²) in [5.74, 6) is -0.572. The van der Waals surface area contributed by atoms with Gasteiger partial charge in [-0.1, -0.05) is 61.2 Å². The number of benzene rings is 2. The van der Waals surface area contributed by atoms with Gasteiger partial charge in [0.05, 0.1) is 0 Å². The van der Waals surface area contributed by atoms with Gasteiger partial charge >= 0.3 is 6.09 Å². The molecule has 0 aromatic heterocycles. The number of hydrogen-bond donors (Lipinski definition) is 2. The Morgan fingerprint density at radius 1 is 1.05 bits per heavy atom. The van der Waals surface area contributed by atoms with Gasteiger partial charge in [-0.25, -0.2) is 4.79 Å². The molecule has 0 bridgehead atoms. The number of nitrogens with one attached hydrogen (secondary N) is 2. The Morgan fingerprint density at radius 2 is 1.73 bits per heavy atom. The van der Waals surface area contributed by atoms with E-state index in [1.807, 2.05) is 68.4 Å². The first-order valence-electron chi connectivity index (χ1n) is 12.9. The fourth-order valence-electron chi connectivity index (χ4n) is 4.21. The first kappa shape index (κ1) is 28.0. The van der Waals surface area contributed by atoms with Crippen LogP contribution in [-0.4, -0.2) is 46.5 Å². The predicted octanol–water partition coefficient (Wildman–Crippen LogP) is 5.02. The van der Waals surface area contributed by atoms with Crippen molar-refractivity contribution >= 4 is 24.0 Å². The molecule has 3 amide bonds. The van der Waals surface area contributed by atoms with Gasteiger partial charge in [0.25, 0.3) is 0 Å². The van der Waals surface area contributed by atoms with Gasteiger partial charge in [-0.2, -0.15) is 0 Å². The van der Waals surface area contributed by atoms with Gasteiger partial charge in [-0.05, 0) is 70.2 Å². The zero-order valence-electron chi connectivity index (χ0n) is 22.5. The Hall–Kier alpha value is -3.61. The first-order valence-corrected chi connectivity index (χ1v) is 12.9. The molecule has 1 fully saturated rings. The highest BCUT2D eigenvalue weighted by atomic mass is 16.6. The molecule has 3 rings (SSSR count). The van der Waals surface area contributed by atoms with Crippen molar-refractivity contribution in [2.24, 2.45) is 0 Å². The highest BCUT2D eigenvalue weighted by Gasteiger charge is 2.44. The summed E-state index contributed by atoms with van der Waals surface area (Å²) in [5, 5.41) is 5.78. The van der Waals surface area contributed by atoms with E-state index in [4.69, 9.17) is 4.74 Å². The molecule has 1 saturated carbocycles. The normalized spacial score (nSPS) is 14.9. The summed E-state index contributed by atoms with van der Waals surface area (Å²) in [7, 11) is 0. The van der Waals surface area contributed by atoms with E-state index < -0.39 is 23.8 Å².